The van der Waals surface area contributed by atoms with Crippen molar-refractivity contribution < 1.29 is 27.1 Å². The summed E-state index contributed by atoms with van der Waals surface area (Å²) in [5.41, 5.74) is 4.62. The van der Waals surface area contributed by atoms with Gasteiger partial charge in [0.1, 0.15) is 34.9 Å². The second kappa shape index (κ2) is 7.84. The van der Waals surface area contributed by atoms with Gasteiger partial charge in [-0.3, -0.25) is 14.8 Å². The number of alkyl halides is 3. The van der Waals surface area contributed by atoms with E-state index in [9.17, 15) is 22.4 Å². The molecule has 2 unspecified atom stereocenters. The van der Waals surface area contributed by atoms with Gasteiger partial charge in [0.25, 0.3) is 5.91 Å². The van der Waals surface area contributed by atoms with Gasteiger partial charge in [-0.25, -0.2) is 14.4 Å². The van der Waals surface area contributed by atoms with Crippen molar-refractivity contribution in [3.05, 3.63) is 46.9 Å². The molecule has 0 radical (unpaired) electrons. The molecule has 3 N–H and O–H groups in total. The number of halogens is 4. The second-order valence-electron chi connectivity index (χ2n) is 7.56. The lowest BCUT2D eigenvalue weighted by atomic mass is 9.93. The molecule has 0 bridgehead atoms. The van der Waals surface area contributed by atoms with Crippen molar-refractivity contribution >= 4 is 17.6 Å². The molecule has 31 heavy (non-hydrogen) atoms. The van der Waals surface area contributed by atoms with Crippen molar-refractivity contribution in [1.82, 2.24) is 15.0 Å². The average molecular weight is 440 g/mol. The minimum absolute atomic E-state index is 0.0503. The fraction of sp³-hybridized carbons (Fsp3) is 0.421. The van der Waals surface area contributed by atoms with Crippen LogP contribution in [0.5, 0.6) is 0 Å². The van der Waals surface area contributed by atoms with Crippen LogP contribution in [-0.2, 0) is 4.74 Å². The molecule has 0 saturated heterocycles. The number of anilines is 1. The number of pyridine rings is 1. The number of ether oxygens (including phenoxy) is 1. The predicted octanol–water partition coefficient (Wildman–Crippen LogP) is 3.02. The van der Waals surface area contributed by atoms with Crippen LogP contribution >= 0.6 is 0 Å². The van der Waals surface area contributed by atoms with Gasteiger partial charge in [-0.1, -0.05) is 0 Å². The molecule has 166 valence electrons. The Hall–Kier alpha value is -3.15. The lowest BCUT2D eigenvalue weighted by Gasteiger charge is -2.40. The monoisotopic (exact) mass is 440 g/mol. The Kier molecular flexibility index (Phi) is 5.70. The van der Waals surface area contributed by atoms with Gasteiger partial charge in [-0.15, -0.1) is 0 Å². The largest absolute Gasteiger partial charge is 0.421 e. The van der Waals surface area contributed by atoms with Crippen molar-refractivity contribution in [2.24, 2.45) is 10.7 Å². The van der Waals surface area contributed by atoms with Crippen molar-refractivity contribution in [2.75, 3.05) is 5.32 Å². The van der Waals surface area contributed by atoms with Crippen molar-refractivity contribution in [3.8, 4) is 0 Å². The second-order valence-corrected chi connectivity index (χ2v) is 7.56. The van der Waals surface area contributed by atoms with Crippen LogP contribution in [0.2, 0.25) is 0 Å². The van der Waals surface area contributed by atoms with E-state index in [4.69, 9.17) is 10.5 Å². The molecular weight excluding hydrogens is 420 g/mol. The summed E-state index contributed by atoms with van der Waals surface area (Å²) in [5.74, 6) is -2.36. The molecule has 1 aliphatic rings. The summed E-state index contributed by atoms with van der Waals surface area (Å²) in [4.78, 5) is 28.6. The van der Waals surface area contributed by atoms with E-state index in [0.29, 0.717) is 11.4 Å². The zero-order valence-corrected chi connectivity index (χ0v) is 17.1. The van der Waals surface area contributed by atoms with E-state index < -0.39 is 41.5 Å². The lowest BCUT2D eigenvalue weighted by molar-refractivity contribution is -0.232. The lowest BCUT2D eigenvalue weighted by Crippen LogP contribution is -2.53. The number of aromatic nitrogens is 3. The number of hydrogen-bond acceptors (Lipinski definition) is 7. The number of rotatable bonds is 3. The van der Waals surface area contributed by atoms with E-state index in [1.807, 2.05) is 0 Å². The summed E-state index contributed by atoms with van der Waals surface area (Å²) in [7, 11) is 0. The highest BCUT2D eigenvalue weighted by Gasteiger charge is 2.52. The van der Waals surface area contributed by atoms with Crippen LogP contribution in [0.4, 0.5) is 23.4 Å². The fourth-order valence-electron chi connectivity index (χ4n) is 3.14. The third kappa shape index (κ3) is 4.63. The predicted molar refractivity (Wildman–Crippen MR) is 103 cm³/mol. The third-order valence-electron chi connectivity index (χ3n) is 4.58. The summed E-state index contributed by atoms with van der Waals surface area (Å²) in [5, 5.41) is 2.48. The van der Waals surface area contributed by atoms with Gasteiger partial charge in [0.2, 0.25) is 6.10 Å². The number of nitrogens with two attached hydrogens (primary N) is 1. The van der Waals surface area contributed by atoms with Crippen LogP contribution < -0.4 is 11.1 Å². The van der Waals surface area contributed by atoms with Gasteiger partial charge < -0.3 is 15.8 Å². The van der Waals surface area contributed by atoms with Gasteiger partial charge in [-0.05, 0) is 39.8 Å². The smallest absolute Gasteiger partial charge is 0.385 e. The summed E-state index contributed by atoms with van der Waals surface area (Å²) >= 11 is 0. The molecule has 1 aliphatic heterocycles. The first-order valence-corrected chi connectivity index (χ1v) is 9.15. The highest BCUT2D eigenvalue weighted by Crippen LogP contribution is 2.40. The first kappa shape index (κ1) is 22.5. The third-order valence-corrected chi connectivity index (χ3v) is 4.58. The Bertz CT molecular complexity index is 1050. The van der Waals surface area contributed by atoms with E-state index in [2.05, 4.69) is 25.3 Å². The van der Waals surface area contributed by atoms with E-state index in [1.54, 1.807) is 13.8 Å². The first-order chi connectivity index (χ1) is 14.3. The number of aryl methyl sites for hydroxylation is 2. The summed E-state index contributed by atoms with van der Waals surface area (Å²) in [6.45, 7) is 5.97. The van der Waals surface area contributed by atoms with Crippen molar-refractivity contribution in [1.29, 1.82) is 0 Å². The Balaban J connectivity index is 1.94. The normalized spacial score (nSPS) is 20.8. The number of aliphatic imine (C=N–C) groups is 1. The van der Waals surface area contributed by atoms with E-state index >= 15 is 0 Å². The molecule has 8 nitrogen and oxygen atoms in total. The summed E-state index contributed by atoms with van der Waals surface area (Å²) < 4.78 is 59.0. The Morgan fingerprint density at radius 2 is 1.90 bits per heavy atom. The van der Waals surface area contributed by atoms with Crippen molar-refractivity contribution in [2.45, 2.75) is 51.6 Å². The van der Waals surface area contributed by atoms with Crippen LogP contribution in [-0.4, -0.2) is 44.6 Å². The quantitative estimate of drug-likeness (QED) is 0.709. The Labute approximate surface area is 175 Å². The van der Waals surface area contributed by atoms with Crippen LogP contribution in [0.25, 0.3) is 0 Å². The fourth-order valence-corrected chi connectivity index (χ4v) is 3.14. The SMILES string of the molecule is Cc1cnc(C(=O)Nc2ccc(F)c(C3N=C(N)C(C(F)(F)F)OC3(C)C)n2)c(C)n1. The minimum atomic E-state index is -4.77. The molecule has 1 amide bonds. The molecule has 3 rings (SSSR count). The number of nitrogens with one attached hydrogen (secondary N) is 1. The van der Waals surface area contributed by atoms with E-state index in [-0.39, 0.29) is 17.2 Å². The van der Waals surface area contributed by atoms with E-state index in [1.165, 1.54) is 26.1 Å². The Morgan fingerprint density at radius 3 is 2.52 bits per heavy atom. The molecule has 0 aliphatic carbocycles. The molecule has 0 spiro atoms. The van der Waals surface area contributed by atoms with Crippen LogP contribution in [0.15, 0.2) is 23.3 Å². The first-order valence-electron chi connectivity index (χ1n) is 9.15. The molecule has 12 heteroatoms. The molecule has 0 saturated carbocycles. The maximum absolute atomic E-state index is 14.5. The summed E-state index contributed by atoms with van der Waals surface area (Å²) in [6.07, 6.45) is -5.76. The standard InChI is InChI=1S/C19H20F4N6O2/c1-8-7-25-12(9(2)26-8)17(30)28-11-6-5-10(20)13(27-11)14-18(3,4)31-15(16(24)29-14)19(21,22)23/h5-7,14-15H,1-4H3,(H2,24,29)(H,27,28,30). The number of amides is 1. The maximum atomic E-state index is 14.5. The Morgan fingerprint density at radius 1 is 1.23 bits per heavy atom. The number of carbonyl (C=O) groups is 1. The zero-order valence-electron chi connectivity index (χ0n) is 17.1. The van der Waals surface area contributed by atoms with Crippen LogP contribution in [0.1, 0.15) is 47.5 Å². The maximum Gasteiger partial charge on any atom is 0.421 e. The number of nitrogens with zero attached hydrogens (tertiary/aromatic N) is 4. The zero-order chi connectivity index (χ0) is 23.1. The molecule has 2 atom stereocenters. The average Bonchev–Trinajstić information content (AvgIpc) is 2.64. The molecule has 0 aromatic carbocycles. The highest BCUT2D eigenvalue weighted by atomic mass is 19.4. The number of hydrogen-bond donors (Lipinski definition) is 2. The number of amidine groups is 1. The molecule has 2 aromatic rings. The van der Waals surface area contributed by atoms with E-state index in [0.717, 1.165) is 6.07 Å². The van der Waals surface area contributed by atoms with Gasteiger partial charge in [0.05, 0.1) is 17.0 Å². The summed E-state index contributed by atoms with van der Waals surface area (Å²) in [6, 6.07) is 0.947. The minimum Gasteiger partial charge on any atom is -0.385 e. The van der Waals surface area contributed by atoms with Gasteiger partial charge in [0.15, 0.2) is 0 Å². The van der Waals surface area contributed by atoms with Gasteiger partial charge in [-0.2, -0.15) is 13.2 Å². The van der Waals surface area contributed by atoms with Gasteiger partial charge >= 0.3 is 6.18 Å². The molecule has 3 heterocycles. The molecule has 0 fully saturated rings. The number of carbonyl (C=O) groups excluding carboxylic acids is 1. The molecule has 2 aromatic heterocycles. The van der Waals surface area contributed by atoms with Gasteiger partial charge in [0, 0.05) is 6.20 Å². The van der Waals surface area contributed by atoms with Crippen molar-refractivity contribution in [3.63, 3.8) is 0 Å². The van der Waals surface area contributed by atoms with Crippen LogP contribution in [0, 0.1) is 19.7 Å². The van der Waals surface area contributed by atoms with Crippen LogP contribution in [0.3, 0.4) is 0 Å². The highest BCUT2D eigenvalue weighted by molar-refractivity contribution is 6.03. The molecular formula is C19H20F4N6O2. The topological polar surface area (TPSA) is 115 Å².